The second-order valence-electron chi connectivity index (χ2n) is 8.00. The van der Waals surface area contributed by atoms with E-state index in [1.54, 1.807) is 0 Å². The molecular weight excluding hydrogens is 354 g/mol. The van der Waals surface area contributed by atoms with Gasteiger partial charge in [0.15, 0.2) is 6.61 Å². The zero-order chi connectivity index (χ0) is 19.9. The largest absolute Gasteiger partial charge is 0.483 e. The molecule has 0 aromatic heterocycles. The van der Waals surface area contributed by atoms with E-state index in [9.17, 15) is 9.59 Å². The zero-order valence-corrected chi connectivity index (χ0v) is 16.9. The fourth-order valence-electron chi connectivity index (χ4n) is 4.31. The molecule has 1 saturated heterocycles. The number of para-hydroxylation sites is 1. The van der Waals surface area contributed by atoms with Gasteiger partial charge in [0.25, 0.3) is 5.91 Å². The minimum Gasteiger partial charge on any atom is -0.483 e. The number of hydrogen-bond donors (Lipinski definition) is 2. The zero-order valence-electron chi connectivity index (χ0n) is 16.9. The van der Waals surface area contributed by atoms with Crippen molar-refractivity contribution in [2.75, 3.05) is 19.7 Å². The summed E-state index contributed by atoms with van der Waals surface area (Å²) in [7, 11) is 0. The second kappa shape index (κ2) is 9.92. The first-order valence-electron chi connectivity index (χ1n) is 10.6. The Morgan fingerprint density at radius 2 is 1.96 bits per heavy atom. The number of ether oxygens (including phenoxy) is 1. The predicted octanol–water partition coefficient (Wildman–Crippen LogP) is 2.77. The van der Waals surface area contributed by atoms with Gasteiger partial charge in [0.05, 0.1) is 6.04 Å². The van der Waals surface area contributed by atoms with Crippen molar-refractivity contribution in [1.82, 2.24) is 10.2 Å². The summed E-state index contributed by atoms with van der Waals surface area (Å²) in [5.74, 6) is 1.01. The van der Waals surface area contributed by atoms with Gasteiger partial charge in [0, 0.05) is 31.1 Å². The summed E-state index contributed by atoms with van der Waals surface area (Å²) in [6.45, 7) is 3.72. The number of rotatable bonds is 8. The Kier molecular flexibility index (Phi) is 7.31. The molecule has 1 aromatic carbocycles. The van der Waals surface area contributed by atoms with Crippen LogP contribution in [0, 0.1) is 5.92 Å². The van der Waals surface area contributed by atoms with Crippen LogP contribution in [0.15, 0.2) is 24.3 Å². The standard InChI is InChI=1S/C22H33N3O3/c1-2-19(24-21(26)14-16-8-7-10-18(16)23)17-9-3-4-11-20(17)28-15-22(27)25-12-5-6-13-25/h3-4,9,11,16,18-19H,2,5-8,10,12-15,23H2,1H3,(H,24,26)/t16-,18+,19?/m0/s1. The lowest BCUT2D eigenvalue weighted by Gasteiger charge is -2.23. The molecule has 0 spiro atoms. The Balaban J connectivity index is 1.60. The summed E-state index contributed by atoms with van der Waals surface area (Å²) in [5, 5.41) is 3.14. The summed E-state index contributed by atoms with van der Waals surface area (Å²) >= 11 is 0. The molecule has 0 radical (unpaired) electrons. The van der Waals surface area contributed by atoms with E-state index in [-0.39, 0.29) is 36.4 Å². The van der Waals surface area contributed by atoms with Crippen molar-refractivity contribution < 1.29 is 14.3 Å². The molecular formula is C22H33N3O3. The van der Waals surface area contributed by atoms with Gasteiger partial charge in [0.1, 0.15) is 5.75 Å². The van der Waals surface area contributed by atoms with Crippen LogP contribution in [-0.4, -0.2) is 42.5 Å². The van der Waals surface area contributed by atoms with E-state index >= 15 is 0 Å². The molecule has 2 aliphatic rings. The highest BCUT2D eigenvalue weighted by molar-refractivity contribution is 5.78. The van der Waals surface area contributed by atoms with Gasteiger partial charge in [0.2, 0.25) is 5.91 Å². The summed E-state index contributed by atoms with van der Waals surface area (Å²) in [6.07, 6.45) is 6.52. The van der Waals surface area contributed by atoms with Gasteiger partial charge in [-0.25, -0.2) is 0 Å². The number of likely N-dealkylation sites (tertiary alicyclic amines) is 1. The number of amides is 2. The molecule has 3 N–H and O–H groups in total. The predicted molar refractivity (Wildman–Crippen MR) is 109 cm³/mol. The monoisotopic (exact) mass is 387 g/mol. The summed E-state index contributed by atoms with van der Waals surface area (Å²) in [5.41, 5.74) is 7.03. The van der Waals surface area contributed by atoms with Crippen LogP contribution in [0.3, 0.4) is 0 Å². The van der Waals surface area contributed by atoms with E-state index in [0.29, 0.717) is 12.2 Å². The number of nitrogens with two attached hydrogens (primary N) is 1. The molecule has 1 aliphatic carbocycles. The van der Waals surface area contributed by atoms with Crippen molar-refractivity contribution >= 4 is 11.8 Å². The van der Waals surface area contributed by atoms with E-state index in [4.69, 9.17) is 10.5 Å². The molecule has 2 amide bonds. The third-order valence-corrected chi connectivity index (χ3v) is 6.01. The van der Waals surface area contributed by atoms with Crippen LogP contribution in [0.4, 0.5) is 0 Å². The molecule has 1 unspecified atom stereocenters. The van der Waals surface area contributed by atoms with Crippen LogP contribution in [0.1, 0.15) is 63.5 Å². The van der Waals surface area contributed by atoms with Crippen LogP contribution in [0.25, 0.3) is 0 Å². The van der Waals surface area contributed by atoms with Crippen LogP contribution < -0.4 is 15.8 Å². The Bertz CT molecular complexity index is 673. The number of carbonyl (C=O) groups is 2. The van der Waals surface area contributed by atoms with Crippen LogP contribution in [0.5, 0.6) is 5.75 Å². The third-order valence-electron chi connectivity index (χ3n) is 6.01. The van der Waals surface area contributed by atoms with Crippen molar-refractivity contribution in [2.45, 2.75) is 64.0 Å². The number of nitrogens with one attached hydrogen (secondary N) is 1. The van der Waals surface area contributed by atoms with E-state index in [2.05, 4.69) is 5.32 Å². The topological polar surface area (TPSA) is 84.7 Å². The maximum absolute atomic E-state index is 12.6. The highest BCUT2D eigenvalue weighted by atomic mass is 16.5. The average molecular weight is 388 g/mol. The highest BCUT2D eigenvalue weighted by Gasteiger charge is 2.27. The van der Waals surface area contributed by atoms with E-state index in [0.717, 1.165) is 57.2 Å². The molecule has 1 aliphatic heterocycles. The van der Waals surface area contributed by atoms with Gasteiger partial charge in [-0.05, 0) is 44.1 Å². The Morgan fingerprint density at radius 1 is 1.21 bits per heavy atom. The summed E-state index contributed by atoms with van der Waals surface area (Å²) in [4.78, 5) is 26.7. The first-order chi connectivity index (χ1) is 13.6. The molecule has 0 bridgehead atoms. The fourth-order valence-corrected chi connectivity index (χ4v) is 4.31. The lowest BCUT2D eigenvalue weighted by atomic mass is 9.98. The molecule has 1 saturated carbocycles. The highest BCUT2D eigenvalue weighted by Crippen LogP contribution is 2.29. The first kappa shape index (κ1) is 20.6. The average Bonchev–Trinajstić information content (AvgIpc) is 3.37. The SMILES string of the molecule is CCC(NC(=O)C[C@@H]1CCC[C@H]1N)c1ccccc1OCC(=O)N1CCCC1. The molecule has 6 nitrogen and oxygen atoms in total. The quantitative estimate of drug-likeness (QED) is 0.718. The van der Waals surface area contributed by atoms with Crippen molar-refractivity contribution in [3.05, 3.63) is 29.8 Å². The van der Waals surface area contributed by atoms with Gasteiger partial charge in [-0.1, -0.05) is 31.5 Å². The molecule has 1 aromatic rings. The second-order valence-corrected chi connectivity index (χ2v) is 8.00. The summed E-state index contributed by atoms with van der Waals surface area (Å²) < 4.78 is 5.86. The van der Waals surface area contributed by atoms with Gasteiger partial charge >= 0.3 is 0 Å². The van der Waals surface area contributed by atoms with Crippen LogP contribution in [0.2, 0.25) is 0 Å². The maximum Gasteiger partial charge on any atom is 0.260 e. The molecule has 28 heavy (non-hydrogen) atoms. The normalized spacial score (nSPS) is 22.9. The van der Waals surface area contributed by atoms with E-state index in [1.165, 1.54) is 0 Å². The Labute approximate surface area is 167 Å². The number of benzene rings is 1. The van der Waals surface area contributed by atoms with Crippen LogP contribution >= 0.6 is 0 Å². The molecule has 2 fully saturated rings. The lowest BCUT2D eigenvalue weighted by molar-refractivity contribution is -0.132. The minimum atomic E-state index is -0.136. The third kappa shape index (κ3) is 5.25. The van der Waals surface area contributed by atoms with Gasteiger partial charge in [-0.3, -0.25) is 9.59 Å². The number of hydrogen-bond acceptors (Lipinski definition) is 4. The smallest absolute Gasteiger partial charge is 0.260 e. The van der Waals surface area contributed by atoms with Crippen molar-refractivity contribution in [2.24, 2.45) is 11.7 Å². The molecule has 6 heteroatoms. The Hall–Kier alpha value is -2.08. The van der Waals surface area contributed by atoms with E-state index < -0.39 is 0 Å². The fraction of sp³-hybridized carbons (Fsp3) is 0.636. The number of carbonyl (C=O) groups excluding carboxylic acids is 2. The number of nitrogens with zero attached hydrogens (tertiary/aromatic N) is 1. The lowest BCUT2D eigenvalue weighted by Crippen LogP contribution is -2.34. The molecule has 154 valence electrons. The van der Waals surface area contributed by atoms with Gasteiger partial charge in [-0.2, -0.15) is 0 Å². The maximum atomic E-state index is 12.6. The molecule has 1 heterocycles. The van der Waals surface area contributed by atoms with Crippen molar-refractivity contribution in [3.8, 4) is 5.75 Å². The minimum absolute atomic E-state index is 0.0274. The van der Waals surface area contributed by atoms with Crippen molar-refractivity contribution in [1.29, 1.82) is 0 Å². The Morgan fingerprint density at radius 3 is 2.64 bits per heavy atom. The molecule has 3 rings (SSSR count). The first-order valence-corrected chi connectivity index (χ1v) is 10.6. The van der Waals surface area contributed by atoms with Gasteiger partial charge in [-0.15, -0.1) is 0 Å². The van der Waals surface area contributed by atoms with Gasteiger partial charge < -0.3 is 20.7 Å². The summed E-state index contributed by atoms with van der Waals surface area (Å²) in [6, 6.07) is 7.67. The molecule has 3 atom stereocenters. The van der Waals surface area contributed by atoms with Crippen molar-refractivity contribution in [3.63, 3.8) is 0 Å². The van der Waals surface area contributed by atoms with E-state index in [1.807, 2.05) is 36.1 Å². The van der Waals surface area contributed by atoms with Crippen LogP contribution in [-0.2, 0) is 9.59 Å².